The van der Waals surface area contributed by atoms with E-state index in [1.54, 1.807) is 48.5 Å². The number of nitrogens with one attached hydrogen (secondary N) is 1. The van der Waals surface area contributed by atoms with Crippen LogP contribution in [0.25, 0.3) is 16.6 Å². The Morgan fingerprint density at radius 2 is 1.84 bits per heavy atom. The minimum absolute atomic E-state index is 0.0722. The van der Waals surface area contributed by atoms with Gasteiger partial charge in [0, 0.05) is 6.07 Å². The van der Waals surface area contributed by atoms with Crippen molar-refractivity contribution in [2.24, 2.45) is 0 Å². The quantitative estimate of drug-likeness (QED) is 0.364. The number of carbonyl (C=O) groups excluding carboxylic acids is 1. The maximum atomic E-state index is 14.5. The number of hydrogen-bond acceptors (Lipinski definition) is 5. The third-order valence-electron chi connectivity index (χ3n) is 4.55. The van der Waals surface area contributed by atoms with E-state index in [4.69, 9.17) is 5.26 Å². The van der Waals surface area contributed by atoms with E-state index in [0.717, 1.165) is 28.5 Å². The number of fused-ring (bicyclic) bond motifs is 1. The average Bonchev–Trinajstić information content (AvgIpc) is 2.79. The first-order valence-electron chi connectivity index (χ1n) is 9.37. The Balaban J connectivity index is 1.71. The van der Waals surface area contributed by atoms with Crippen molar-refractivity contribution in [1.82, 2.24) is 9.55 Å². The second kappa shape index (κ2) is 8.99. The first kappa shape index (κ1) is 21.2. The molecular formula is C23H14F2N4O2S. The normalized spacial score (nSPS) is 10.7. The topological polar surface area (TPSA) is 87.8 Å². The average molecular weight is 448 g/mol. The summed E-state index contributed by atoms with van der Waals surface area (Å²) in [6.45, 7) is 0. The number of rotatable bonds is 5. The highest BCUT2D eigenvalue weighted by atomic mass is 32.2. The molecule has 4 rings (SSSR count). The lowest BCUT2D eigenvalue weighted by Gasteiger charge is -2.14. The lowest BCUT2D eigenvalue weighted by Crippen LogP contribution is -2.24. The molecule has 1 heterocycles. The highest BCUT2D eigenvalue weighted by Gasteiger charge is 2.18. The third-order valence-corrected chi connectivity index (χ3v) is 5.49. The molecule has 6 nitrogen and oxygen atoms in total. The van der Waals surface area contributed by atoms with Gasteiger partial charge in [0.05, 0.1) is 33.6 Å². The van der Waals surface area contributed by atoms with Crippen molar-refractivity contribution >= 4 is 34.3 Å². The van der Waals surface area contributed by atoms with Gasteiger partial charge >= 0.3 is 0 Å². The van der Waals surface area contributed by atoms with E-state index in [-0.39, 0.29) is 22.0 Å². The number of benzene rings is 3. The fourth-order valence-corrected chi connectivity index (χ4v) is 3.90. The highest BCUT2D eigenvalue weighted by Crippen LogP contribution is 2.24. The molecular weight excluding hydrogens is 434 g/mol. The summed E-state index contributed by atoms with van der Waals surface area (Å²) in [6, 6.07) is 17.9. The second-order valence-corrected chi connectivity index (χ2v) is 7.58. The largest absolute Gasteiger partial charge is 0.324 e. The Labute approximate surface area is 185 Å². The molecule has 0 aliphatic carbocycles. The van der Waals surface area contributed by atoms with Gasteiger partial charge in [-0.1, -0.05) is 36.0 Å². The zero-order chi connectivity index (χ0) is 22.7. The predicted molar refractivity (Wildman–Crippen MR) is 118 cm³/mol. The van der Waals surface area contributed by atoms with Gasteiger partial charge in [0.2, 0.25) is 5.91 Å². The van der Waals surface area contributed by atoms with E-state index in [9.17, 15) is 18.4 Å². The van der Waals surface area contributed by atoms with E-state index < -0.39 is 23.1 Å². The van der Waals surface area contributed by atoms with Crippen molar-refractivity contribution in [3.8, 4) is 11.8 Å². The maximum Gasteiger partial charge on any atom is 0.266 e. The van der Waals surface area contributed by atoms with E-state index in [0.29, 0.717) is 22.8 Å². The molecule has 0 atom stereocenters. The van der Waals surface area contributed by atoms with E-state index in [1.165, 1.54) is 0 Å². The van der Waals surface area contributed by atoms with Crippen molar-refractivity contribution in [1.29, 1.82) is 5.26 Å². The number of carbonyl (C=O) groups is 1. The van der Waals surface area contributed by atoms with Gasteiger partial charge in [-0.25, -0.2) is 13.8 Å². The Morgan fingerprint density at radius 1 is 1.09 bits per heavy atom. The lowest BCUT2D eigenvalue weighted by atomic mass is 10.2. The van der Waals surface area contributed by atoms with Gasteiger partial charge in [0.1, 0.15) is 17.7 Å². The van der Waals surface area contributed by atoms with Crippen LogP contribution in [-0.2, 0) is 4.79 Å². The smallest absolute Gasteiger partial charge is 0.266 e. The molecule has 3 aromatic carbocycles. The van der Waals surface area contributed by atoms with Crippen molar-refractivity contribution in [3.63, 3.8) is 0 Å². The number of hydrogen-bond donors (Lipinski definition) is 1. The molecule has 32 heavy (non-hydrogen) atoms. The van der Waals surface area contributed by atoms with Gasteiger partial charge in [-0.05, 0) is 36.4 Å². The molecule has 1 N–H and O–H groups in total. The lowest BCUT2D eigenvalue weighted by molar-refractivity contribution is -0.113. The molecule has 9 heteroatoms. The summed E-state index contributed by atoms with van der Waals surface area (Å²) in [6.07, 6.45) is 0. The minimum Gasteiger partial charge on any atom is -0.324 e. The van der Waals surface area contributed by atoms with E-state index in [2.05, 4.69) is 10.3 Å². The van der Waals surface area contributed by atoms with Crippen molar-refractivity contribution < 1.29 is 13.6 Å². The molecule has 0 aliphatic heterocycles. The summed E-state index contributed by atoms with van der Waals surface area (Å²) in [5.41, 5.74) is 0.328. The fourth-order valence-electron chi connectivity index (χ4n) is 3.09. The summed E-state index contributed by atoms with van der Waals surface area (Å²) in [4.78, 5) is 30.0. The first-order valence-corrected chi connectivity index (χ1v) is 10.4. The number of nitriles is 1. The Morgan fingerprint density at radius 3 is 2.62 bits per heavy atom. The molecule has 1 aromatic heterocycles. The molecule has 0 aliphatic rings. The van der Waals surface area contributed by atoms with Gasteiger partial charge in [0.25, 0.3) is 5.56 Å². The van der Waals surface area contributed by atoms with Gasteiger partial charge in [0.15, 0.2) is 5.16 Å². The predicted octanol–water partition coefficient (Wildman–Crippen LogP) is 4.27. The van der Waals surface area contributed by atoms with Crippen LogP contribution in [0.2, 0.25) is 0 Å². The fraction of sp³-hybridized carbons (Fsp3) is 0.0435. The molecule has 0 bridgehead atoms. The van der Waals surface area contributed by atoms with Gasteiger partial charge in [-0.3, -0.25) is 14.2 Å². The van der Waals surface area contributed by atoms with Crippen LogP contribution < -0.4 is 10.9 Å². The van der Waals surface area contributed by atoms with Crippen LogP contribution in [0.3, 0.4) is 0 Å². The van der Waals surface area contributed by atoms with Gasteiger partial charge in [-0.15, -0.1) is 0 Å². The molecule has 1 amide bonds. The zero-order valence-electron chi connectivity index (χ0n) is 16.4. The molecule has 158 valence electrons. The second-order valence-electron chi connectivity index (χ2n) is 6.64. The van der Waals surface area contributed by atoms with Crippen LogP contribution in [-0.4, -0.2) is 21.2 Å². The molecule has 0 unspecified atom stereocenters. The molecule has 0 saturated heterocycles. The summed E-state index contributed by atoms with van der Waals surface area (Å²) >= 11 is 0.921. The van der Waals surface area contributed by atoms with Crippen molar-refractivity contribution in [2.75, 3.05) is 11.1 Å². The van der Waals surface area contributed by atoms with Crippen LogP contribution in [0.5, 0.6) is 0 Å². The molecule has 4 aromatic rings. The van der Waals surface area contributed by atoms with Gasteiger partial charge in [-0.2, -0.15) is 5.26 Å². The Kier molecular flexibility index (Phi) is 5.96. The number of nitrogens with zero attached hydrogens (tertiary/aromatic N) is 3. The molecule has 0 saturated carbocycles. The first-order chi connectivity index (χ1) is 15.5. The monoisotopic (exact) mass is 448 g/mol. The number of halogens is 2. The number of anilines is 1. The number of amides is 1. The number of aromatic nitrogens is 2. The molecule has 0 radical (unpaired) electrons. The SMILES string of the molecule is N#Cc1ccccc1NC(=O)CSc1nc2ccccc2c(=O)n1-c1ccc(F)cc1F. The Hall–Kier alpha value is -4.03. The molecule has 0 spiro atoms. The standard InChI is InChI=1S/C23H14F2N4O2S/c24-15-9-10-20(17(25)11-15)29-22(31)16-6-2-4-8-19(16)28-23(29)32-13-21(30)27-18-7-3-1-5-14(18)12-26/h1-11H,13H2,(H,27,30). The van der Waals surface area contributed by atoms with Crippen molar-refractivity contribution in [3.05, 3.63) is 94.3 Å². The summed E-state index contributed by atoms with van der Waals surface area (Å²) in [7, 11) is 0. The summed E-state index contributed by atoms with van der Waals surface area (Å²) < 4.78 is 29.0. The molecule has 0 fully saturated rings. The van der Waals surface area contributed by atoms with Crippen LogP contribution in [0.1, 0.15) is 5.56 Å². The van der Waals surface area contributed by atoms with E-state index >= 15 is 0 Å². The van der Waals surface area contributed by atoms with Crippen LogP contribution >= 0.6 is 11.8 Å². The number of para-hydroxylation sites is 2. The van der Waals surface area contributed by atoms with Gasteiger partial charge < -0.3 is 5.32 Å². The van der Waals surface area contributed by atoms with Crippen molar-refractivity contribution in [2.45, 2.75) is 5.16 Å². The van der Waals surface area contributed by atoms with Crippen LogP contribution in [0.15, 0.2) is 76.7 Å². The van der Waals surface area contributed by atoms with Crippen LogP contribution in [0, 0.1) is 23.0 Å². The summed E-state index contributed by atoms with van der Waals surface area (Å²) in [5, 5.41) is 12.1. The highest BCUT2D eigenvalue weighted by molar-refractivity contribution is 7.99. The van der Waals surface area contributed by atoms with E-state index in [1.807, 2.05) is 6.07 Å². The Bertz CT molecular complexity index is 1450. The minimum atomic E-state index is -0.932. The summed E-state index contributed by atoms with van der Waals surface area (Å²) in [5.74, 6) is -2.31. The zero-order valence-corrected chi connectivity index (χ0v) is 17.2. The van der Waals surface area contributed by atoms with Crippen LogP contribution in [0.4, 0.5) is 14.5 Å². The third kappa shape index (κ3) is 4.22. The maximum absolute atomic E-state index is 14.5. The number of thioether (sulfide) groups is 1.